The summed E-state index contributed by atoms with van der Waals surface area (Å²) in [6, 6.07) is 7.27. The van der Waals surface area contributed by atoms with Crippen molar-refractivity contribution in [2.24, 2.45) is 5.92 Å². The van der Waals surface area contributed by atoms with E-state index in [2.05, 4.69) is 5.32 Å². The standard InChI is InChI=1S/C18H25NO4S/c1-23-13-8-10-14(11-9-13)24-12-17(20)19-16-7-5-3-2-4-6-15(16)18(21)22/h8-11,15-16H,2-7,12H2,1H3,(H,19,20)(H,21,22). The van der Waals surface area contributed by atoms with Gasteiger partial charge in [0.25, 0.3) is 0 Å². The average molecular weight is 351 g/mol. The lowest BCUT2D eigenvalue weighted by molar-refractivity contribution is -0.143. The topological polar surface area (TPSA) is 75.6 Å². The second-order valence-corrected chi connectivity index (χ2v) is 7.12. The molecule has 0 spiro atoms. The van der Waals surface area contributed by atoms with Crippen molar-refractivity contribution in [2.75, 3.05) is 12.9 Å². The fraction of sp³-hybridized carbons (Fsp3) is 0.556. The van der Waals surface area contributed by atoms with Gasteiger partial charge in [0.15, 0.2) is 0 Å². The summed E-state index contributed by atoms with van der Waals surface area (Å²) in [5, 5.41) is 12.4. The van der Waals surface area contributed by atoms with Gasteiger partial charge in [0.05, 0.1) is 18.8 Å². The molecule has 0 saturated heterocycles. The molecule has 1 aromatic carbocycles. The molecule has 1 aliphatic carbocycles. The molecule has 0 aromatic heterocycles. The van der Waals surface area contributed by atoms with Gasteiger partial charge in [0.2, 0.25) is 5.91 Å². The van der Waals surface area contributed by atoms with Gasteiger partial charge in [-0.1, -0.05) is 25.7 Å². The summed E-state index contributed by atoms with van der Waals surface area (Å²) in [5.41, 5.74) is 0. The zero-order chi connectivity index (χ0) is 17.4. The molecule has 2 N–H and O–H groups in total. The van der Waals surface area contributed by atoms with Crippen LogP contribution in [0.4, 0.5) is 0 Å². The van der Waals surface area contributed by atoms with Crippen molar-refractivity contribution >= 4 is 23.6 Å². The zero-order valence-corrected chi connectivity index (χ0v) is 14.8. The Bertz CT molecular complexity index is 546. The molecule has 0 radical (unpaired) electrons. The number of nitrogens with one attached hydrogen (secondary N) is 1. The molecule has 0 heterocycles. The quantitative estimate of drug-likeness (QED) is 0.769. The van der Waals surface area contributed by atoms with Gasteiger partial charge in [-0.2, -0.15) is 0 Å². The van der Waals surface area contributed by atoms with Crippen LogP contribution < -0.4 is 10.1 Å². The third kappa shape index (κ3) is 5.74. The SMILES string of the molecule is COc1ccc(SCC(=O)NC2CCCCCCC2C(=O)O)cc1. The molecule has 1 saturated carbocycles. The van der Waals surface area contributed by atoms with E-state index in [-0.39, 0.29) is 17.7 Å². The van der Waals surface area contributed by atoms with Crippen molar-refractivity contribution < 1.29 is 19.4 Å². The number of hydrogen-bond acceptors (Lipinski definition) is 4. The summed E-state index contributed by atoms with van der Waals surface area (Å²) in [7, 11) is 1.61. The highest BCUT2D eigenvalue weighted by Gasteiger charge is 2.29. The fourth-order valence-electron chi connectivity index (χ4n) is 3.02. The van der Waals surface area contributed by atoms with Gasteiger partial charge in [0.1, 0.15) is 5.75 Å². The van der Waals surface area contributed by atoms with Crippen molar-refractivity contribution in [3.05, 3.63) is 24.3 Å². The third-order valence-electron chi connectivity index (χ3n) is 4.36. The molecule has 2 rings (SSSR count). The van der Waals surface area contributed by atoms with Crippen LogP contribution in [-0.2, 0) is 9.59 Å². The molecule has 1 amide bonds. The number of aliphatic carboxylic acids is 1. The fourth-order valence-corrected chi connectivity index (χ4v) is 3.73. The molecule has 24 heavy (non-hydrogen) atoms. The second-order valence-electron chi connectivity index (χ2n) is 6.07. The molecule has 2 unspecified atom stereocenters. The molecular formula is C18H25NO4S. The predicted octanol–water partition coefficient (Wildman–Crippen LogP) is 3.33. The summed E-state index contributed by atoms with van der Waals surface area (Å²) >= 11 is 1.44. The van der Waals surface area contributed by atoms with E-state index in [1.54, 1.807) is 7.11 Å². The van der Waals surface area contributed by atoms with Crippen molar-refractivity contribution in [1.82, 2.24) is 5.32 Å². The zero-order valence-electron chi connectivity index (χ0n) is 14.0. The highest BCUT2D eigenvalue weighted by Crippen LogP contribution is 2.24. The number of benzene rings is 1. The Morgan fingerprint density at radius 3 is 2.46 bits per heavy atom. The van der Waals surface area contributed by atoms with Crippen molar-refractivity contribution in [1.29, 1.82) is 0 Å². The first-order valence-electron chi connectivity index (χ1n) is 8.39. The minimum atomic E-state index is -0.801. The number of carboxylic acids is 1. The number of carbonyl (C=O) groups excluding carboxylic acids is 1. The first kappa shape index (κ1) is 18.6. The number of carboxylic acid groups (broad SMARTS) is 1. The lowest BCUT2D eigenvalue weighted by atomic mass is 9.87. The Balaban J connectivity index is 1.87. The molecule has 2 atom stereocenters. The van der Waals surface area contributed by atoms with E-state index < -0.39 is 11.9 Å². The minimum Gasteiger partial charge on any atom is -0.497 e. The van der Waals surface area contributed by atoms with Crippen LogP contribution in [0, 0.1) is 5.92 Å². The molecule has 1 aliphatic rings. The summed E-state index contributed by atoms with van der Waals surface area (Å²) in [6.07, 6.45) is 5.48. The summed E-state index contributed by atoms with van der Waals surface area (Å²) in [6.45, 7) is 0. The van der Waals surface area contributed by atoms with Gasteiger partial charge in [-0.05, 0) is 37.1 Å². The number of thioether (sulfide) groups is 1. The first-order chi connectivity index (χ1) is 11.6. The number of amides is 1. The van der Waals surface area contributed by atoms with Crippen molar-refractivity contribution in [2.45, 2.75) is 49.5 Å². The number of hydrogen-bond donors (Lipinski definition) is 2. The van der Waals surface area contributed by atoms with Crippen LogP contribution in [0.5, 0.6) is 5.75 Å². The van der Waals surface area contributed by atoms with Crippen LogP contribution in [0.1, 0.15) is 38.5 Å². The van der Waals surface area contributed by atoms with E-state index >= 15 is 0 Å². The van der Waals surface area contributed by atoms with Crippen molar-refractivity contribution in [3.63, 3.8) is 0 Å². The Morgan fingerprint density at radius 1 is 1.17 bits per heavy atom. The molecule has 0 bridgehead atoms. The number of ether oxygens (including phenoxy) is 1. The van der Waals surface area contributed by atoms with Gasteiger partial charge in [0, 0.05) is 10.9 Å². The monoisotopic (exact) mass is 351 g/mol. The van der Waals surface area contributed by atoms with Crippen LogP contribution in [0.25, 0.3) is 0 Å². The number of methoxy groups -OCH3 is 1. The second kappa shape index (κ2) is 9.57. The molecule has 1 aromatic rings. The lowest BCUT2D eigenvalue weighted by Gasteiger charge is -2.27. The molecule has 0 aliphatic heterocycles. The van der Waals surface area contributed by atoms with E-state index in [9.17, 15) is 14.7 Å². The maximum atomic E-state index is 12.2. The Morgan fingerprint density at radius 2 is 1.83 bits per heavy atom. The normalized spacial score (nSPS) is 21.4. The highest BCUT2D eigenvalue weighted by atomic mass is 32.2. The summed E-state index contributed by atoms with van der Waals surface area (Å²) < 4.78 is 5.11. The van der Waals surface area contributed by atoms with Crippen molar-refractivity contribution in [3.8, 4) is 5.75 Å². The first-order valence-corrected chi connectivity index (χ1v) is 9.37. The molecule has 132 valence electrons. The van der Waals surface area contributed by atoms with Crippen LogP contribution in [0.15, 0.2) is 29.2 Å². The maximum absolute atomic E-state index is 12.2. The van der Waals surface area contributed by atoms with E-state index in [4.69, 9.17) is 4.74 Å². The Labute approximate surface area is 147 Å². The van der Waals surface area contributed by atoms with Gasteiger partial charge < -0.3 is 15.2 Å². The smallest absolute Gasteiger partial charge is 0.308 e. The largest absolute Gasteiger partial charge is 0.497 e. The number of carbonyl (C=O) groups is 2. The molecule has 5 nitrogen and oxygen atoms in total. The van der Waals surface area contributed by atoms with Gasteiger partial charge in [-0.25, -0.2) is 0 Å². The van der Waals surface area contributed by atoms with Crippen LogP contribution in [0.3, 0.4) is 0 Å². The predicted molar refractivity (Wildman–Crippen MR) is 94.5 cm³/mol. The Kier molecular flexibility index (Phi) is 7.43. The summed E-state index contributed by atoms with van der Waals surface area (Å²) in [5.74, 6) is -0.310. The number of rotatable bonds is 6. The average Bonchev–Trinajstić information content (AvgIpc) is 2.55. The minimum absolute atomic E-state index is 0.104. The van der Waals surface area contributed by atoms with E-state index in [1.807, 2.05) is 24.3 Å². The third-order valence-corrected chi connectivity index (χ3v) is 5.37. The van der Waals surface area contributed by atoms with Crippen LogP contribution >= 0.6 is 11.8 Å². The molecular weight excluding hydrogens is 326 g/mol. The van der Waals surface area contributed by atoms with Crippen LogP contribution in [0.2, 0.25) is 0 Å². The molecule has 6 heteroatoms. The van der Waals surface area contributed by atoms with E-state index in [1.165, 1.54) is 11.8 Å². The maximum Gasteiger partial charge on any atom is 0.308 e. The van der Waals surface area contributed by atoms with Crippen LogP contribution in [-0.4, -0.2) is 35.9 Å². The van der Waals surface area contributed by atoms with E-state index in [0.717, 1.165) is 42.7 Å². The highest BCUT2D eigenvalue weighted by molar-refractivity contribution is 8.00. The molecule has 1 fully saturated rings. The van der Waals surface area contributed by atoms with Gasteiger partial charge in [-0.3, -0.25) is 9.59 Å². The lowest BCUT2D eigenvalue weighted by Crippen LogP contribution is -2.44. The Hall–Kier alpha value is -1.69. The van der Waals surface area contributed by atoms with Gasteiger partial charge >= 0.3 is 5.97 Å². The summed E-state index contributed by atoms with van der Waals surface area (Å²) in [4.78, 5) is 24.7. The van der Waals surface area contributed by atoms with Gasteiger partial charge in [-0.15, -0.1) is 11.8 Å². The van der Waals surface area contributed by atoms with E-state index in [0.29, 0.717) is 6.42 Å².